The Balaban J connectivity index is 2.40. The smallest absolute Gasteiger partial charge is 0.301 e. The van der Waals surface area contributed by atoms with Crippen LogP contribution in [0.1, 0.15) is 19.0 Å². The predicted molar refractivity (Wildman–Crippen MR) is 78.3 cm³/mol. The number of nitrogens with one attached hydrogen (secondary N) is 1. The molecule has 0 unspecified atom stereocenters. The first-order valence-electron chi connectivity index (χ1n) is 6.18. The van der Waals surface area contributed by atoms with Gasteiger partial charge in [0, 0.05) is 17.8 Å². The van der Waals surface area contributed by atoms with Crippen molar-refractivity contribution in [1.82, 2.24) is 15.0 Å². The molecule has 0 aliphatic rings. The van der Waals surface area contributed by atoms with Crippen molar-refractivity contribution in [2.45, 2.75) is 29.9 Å². The van der Waals surface area contributed by atoms with E-state index in [0.717, 1.165) is 18.2 Å². The van der Waals surface area contributed by atoms with Crippen LogP contribution in [0.25, 0.3) is 0 Å². The monoisotopic (exact) mass is 307 g/mol. The van der Waals surface area contributed by atoms with E-state index in [9.17, 15) is 14.9 Å². The van der Waals surface area contributed by atoms with Crippen LogP contribution in [0, 0.1) is 10.1 Å². The quantitative estimate of drug-likeness (QED) is 0.489. The Hall–Kier alpha value is -2.42. The Morgan fingerprint density at radius 1 is 1.43 bits per heavy atom. The molecule has 0 atom stereocenters. The maximum absolute atomic E-state index is 11.6. The van der Waals surface area contributed by atoms with Gasteiger partial charge < -0.3 is 10.7 Å². The molecule has 0 aromatic carbocycles. The molecule has 0 amide bonds. The predicted octanol–water partition coefficient (Wildman–Crippen LogP) is 1.76. The molecule has 2 aromatic heterocycles. The van der Waals surface area contributed by atoms with Gasteiger partial charge in [0.05, 0.1) is 4.92 Å². The van der Waals surface area contributed by atoms with Gasteiger partial charge in [0.15, 0.2) is 10.2 Å². The minimum atomic E-state index is -0.553. The topological polar surface area (TPSA) is 128 Å². The molecule has 0 saturated carbocycles. The van der Waals surface area contributed by atoms with Gasteiger partial charge in [-0.15, -0.1) is 0 Å². The second-order valence-electron chi connectivity index (χ2n) is 4.21. The summed E-state index contributed by atoms with van der Waals surface area (Å²) < 4.78 is 0. The van der Waals surface area contributed by atoms with E-state index in [2.05, 4.69) is 15.0 Å². The zero-order valence-corrected chi connectivity index (χ0v) is 12.0. The number of hydrogen-bond acceptors (Lipinski definition) is 7. The lowest BCUT2D eigenvalue weighted by Gasteiger charge is -2.04. The number of H-pyrrole nitrogens is 1. The van der Waals surface area contributed by atoms with Crippen molar-refractivity contribution in [3.63, 3.8) is 0 Å². The maximum Gasteiger partial charge on any atom is 0.301 e. The van der Waals surface area contributed by atoms with E-state index >= 15 is 0 Å². The fourth-order valence-electron chi connectivity index (χ4n) is 1.67. The van der Waals surface area contributed by atoms with E-state index in [-0.39, 0.29) is 27.2 Å². The number of nitrogen functional groups attached to an aromatic ring is 1. The highest BCUT2D eigenvalue weighted by Gasteiger charge is 2.18. The molecule has 21 heavy (non-hydrogen) atoms. The first-order chi connectivity index (χ1) is 9.99. The highest BCUT2D eigenvalue weighted by Crippen LogP contribution is 2.31. The van der Waals surface area contributed by atoms with Crippen molar-refractivity contribution < 1.29 is 4.92 Å². The molecule has 3 N–H and O–H groups in total. The van der Waals surface area contributed by atoms with Gasteiger partial charge in [0.1, 0.15) is 5.82 Å². The summed E-state index contributed by atoms with van der Waals surface area (Å²) >= 11 is 0.911. The summed E-state index contributed by atoms with van der Waals surface area (Å²) in [4.78, 5) is 32.7. The largest absolute Gasteiger partial charge is 0.384 e. The number of nitrogens with zero attached hydrogens (tertiary/aromatic N) is 3. The molecule has 9 heteroatoms. The molecule has 0 aliphatic heterocycles. The molecule has 0 bridgehead atoms. The summed E-state index contributed by atoms with van der Waals surface area (Å²) in [5, 5.41) is 11.3. The number of rotatable bonds is 5. The number of aromatic amines is 1. The van der Waals surface area contributed by atoms with Crippen LogP contribution in [0.15, 0.2) is 33.2 Å². The first-order valence-corrected chi connectivity index (χ1v) is 7.00. The van der Waals surface area contributed by atoms with Crippen LogP contribution in [-0.2, 0) is 6.42 Å². The van der Waals surface area contributed by atoms with Gasteiger partial charge in [-0.05, 0) is 24.2 Å². The van der Waals surface area contributed by atoms with Crippen LogP contribution in [0.3, 0.4) is 0 Å². The van der Waals surface area contributed by atoms with Crippen LogP contribution < -0.4 is 11.3 Å². The minimum Gasteiger partial charge on any atom is -0.384 e. The highest BCUT2D eigenvalue weighted by molar-refractivity contribution is 7.99. The molecule has 110 valence electrons. The van der Waals surface area contributed by atoms with Gasteiger partial charge in [-0.25, -0.2) is 9.97 Å². The van der Waals surface area contributed by atoms with E-state index in [4.69, 9.17) is 5.73 Å². The number of aryl methyl sites for hydroxylation is 1. The maximum atomic E-state index is 11.6. The third-order valence-electron chi connectivity index (χ3n) is 2.53. The number of hydrogen-bond donors (Lipinski definition) is 2. The standard InChI is InChI=1S/C12H13N5O3S/c1-2-3-7-6-10(18)16-12(14-7)21-11-8(17(19)20)4-5-9(13)15-11/h4-6H,2-3H2,1H3,(H2,13,15)(H,14,16,18). The van der Waals surface area contributed by atoms with Gasteiger partial charge in [-0.3, -0.25) is 14.9 Å². The van der Waals surface area contributed by atoms with Crippen LogP contribution in [0.2, 0.25) is 0 Å². The zero-order valence-electron chi connectivity index (χ0n) is 11.2. The van der Waals surface area contributed by atoms with Crippen molar-refractivity contribution in [1.29, 1.82) is 0 Å². The van der Waals surface area contributed by atoms with Gasteiger partial charge in [0.2, 0.25) is 0 Å². The number of pyridine rings is 1. The van der Waals surface area contributed by atoms with E-state index in [1.165, 1.54) is 18.2 Å². The Kier molecular flexibility index (Phi) is 4.53. The molecule has 0 aliphatic carbocycles. The Bertz CT molecular complexity index is 731. The Morgan fingerprint density at radius 2 is 2.19 bits per heavy atom. The van der Waals surface area contributed by atoms with Gasteiger partial charge >= 0.3 is 5.69 Å². The zero-order chi connectivity index (χ0) is 15.4. The Labute approximate surface area is 124 Å². The fraction of sp³-hybridized carbons (Fsp3) is 0.250. The molecule has 0 radical (unpaired) electrons. The lowest BCUT2D eigenvalue weighted by atomic mass is 10.2. The summed E-state index contributed by atoms with van der Waals surface area (Å²) in [6.07, 6.45) is 1.50. The molecule has 2 rings (SSSR count). The SMILES string of the molecule is CCCc1cc(=O)[nH]c(Sc2nc(N)ccc2[N+](=O)[O-])n1. The van der Waals surface area contributed by atoms with Crippen LogP contribution in [-0.4, -0.2) is 19.9 Å². The minimum absolute atomic E-state index is 0.0943. The van der Waals surface area contributed by atoms with Gasteiger partial charge in [0.25, 0.3) is 5.56 Å². The second kappa shape index (κ2) is 6.35. The van der Waals surface area contributed by atoms with Crippen molar-refractivity contribution >= 4 is 23.3 Å². The van der Waals surface area contributed by atoms with E-state index < -0.39 is 4.92 Å². The van der Waals surface area contributed by atoms with E-state index in [1.807, 2.05) is 6.92 Å². The van der Waals surface area contributed by atoms with Crippen molar-refractivity contribution in [3.8, 4) is 0 Å². The summed E-state index contributed by atoms with van der Waals surface area (Å²) in [6, 6.07) is 4.04. The van der Waals surface area contributed by atoms with Crippen molar-refractivity contribution in [2.75, 3.05) is 5.73 Å². The molecule has 8 nitrogen and oxygen atoms in total. The normalized spacial score (nSPS) is 10.5. The lowest BCUT2D eigenvalue weighted by Crippen LogP contribution is -2.10. The number of nitrogens with two attached hydrogens (primary N) is 1. The third-order valence-corrected chi connectivity index (χ3v) is 3.41. The fourth-order valence-corrected chi connectivity index (χ4v) is 2.56. The summed E-state index contributed by atoms with van der Waals surface area (Å²) in [5.41, 5.74) is 5.70. The molecule has 0 saturated heterocycles. The second-order valence-corrected chi connectivity index (χ2v) is 5.19. The average molecular weight is 307 g/mol. The molecule has 0 spiro atoms. The third kappa shape index (κ3) is 3.78. The number of anilines is 1. The van der Waals surface area contributed by atoms with Crippen LogP contribution in [0.5, 0.6) is 0 Å². The average Bonchev–Trinajstić information content (AvgIpc) is 2.38. The molecular formula is C12H13N5O3S. The summed E-state index contributed by atoms with van der Waals surface area (Å²) in [5.74, 6) is 0.162. The van der Waals surface area contributed by atoms with Crippen molar-refractivity contribution in [2.24, 2.45) is 0 Å². The Morgan fingerprint density at radius 3 is 2.86 bits per heavy atom. The lowest BCUT2D eigenvalue weighted by molar-refractivity contribution is -0.388. The van der Waals surface area contributed by atoms with Gasteiger partial charge in [-0.1, -0.05) is 13.3 Å². The summed E-state index contributed by atoms with van der Waals surface area (Å²) in [6.45, 7) is 1.97. The number of aromatic nitrogens is 3. The van der Waals surface area contributed by atoms with Crippen LogP contribution in [0.4, 0.5) is 11.5 Å². The first kappa shape index (κ1) is 15.0. The van der Waals surface area contributed by atoms with Gasteiger partial charge in [-0.2, -0.15) is 0 Å². The molecule has 2 aromatic rings. The highest BCUT2D eigenvalue weighted by atomic mass is 32.2. The van der Waals surface area contributed by atoms with Crippen molar-refractivity contribution in [3.05, 3.63) is 44.4 Å². The molecular weight excluding hydrogens is 294 g/mol. The van der Waals surface area contributed by atoms with E-state index in [0.29, 0.717) is 12.1 Å². The van der Waals surface area contributed by atoms with E-state index in [1.54, 1.807) is 0 Å². The van der Waals surface area contributed by atoms with Crippen LogP contribution >= 0.6 is 11.8 Å². The molecule has 0 fully saturated rings. The molecule has 2 heterocycles. The summed E-state index contributed by atoms with van der Waals surface area (Å²) in [7, 11) is 0. The number of nitro groups is 1.